The van der Waals surface area contributed by atoms with Crippen LogP contribution in [0.25, 0.3) is 0 Å². The minimum absolute atomic E-state index is 0.00652. The van der Waals surface area contributed by atoms with Gasteiger partial charge in [0.05, 0.1) is 0 Å². The maximum Gasteiger partial charge on any atom is 0.228 e. The number of aromatic nitrogens is 2. The van der Waals surface area contributed by atoms with Crippen LogP contribution >= 0.6 is 0 Å². The second-order valence-corrected chi connectivity index (χ2v) is 6.43. The molecule has 0 atom stereocenters. The van der Waals surface area contributed by atoms with Crippen LogP contribution in [0.5, 0.6) is 0 Å². The van der Waals surface area contributed by atoms with E-state index in [1.807, 2.05) is 20.9 Å². The Bertz CT molecular complexity index is 637. The molecule has 0 aliphatic heterocycles. The van der Waals surface area contributed by atoms with Gasteiger partial charge in [0.25, 0.3) is 0 Å². The van der Waals surface area contributed by atoms with Crippen molar-refractivity contribution in [3.63, 3.8) is 0 Å². The van der Waals surface area contributed by atoms with E-state index < -0.39 is 0 Å². The van der Waals surface area contributed by atoms with Gasteiger partial charge in [-0.05, 0) is 36.0 Å². The van der Waals surface area contributed by atoms with E-state index in [9.17, 15) is 4.79 Å². The van der Waals surface area contributed by atoms with Crippen LogP contribution in [0.1, 0.15) is 53.6 Å². The molecule has 20 heavy (non-hydrogen) atoms. The highest BCUT2D eigenvalue weighted by atomic mass is 16.1. The van der Waals surface area contributed by atoms with E-state index in [2.05, 4.69) is 37.9 Å². The molecule has 0 aliphatic rings. The molecule has 2 aromatic rings. The van der Waals surface area contributed by atoms with Crippen LogP contribution in [0.3, 0.4) is 0 Å². The van der Waals surface area contributed by atoms with Crippen LogP contribution in [0, 0.1) is 13.8 Å². The first kappa shape index (κ1) is 14.5. The summed E-state index contributed by atoms with van der Waals surface area (Å²) >= 11 is 0. The largest absolute Gasteiger partial charge is 0.331 e. The zero-order valence-electron chi connectivity index (χ0n) is 13.1. The average Bonchev–Trinajstić information content (AvgIpc) is 2.73. The lowest BCUT2D eigenvalue weighted by Gasteiger charge is -2.22. The third kappa shape index (κ3) is 2.53. The molecule has 0 N–H and O–H groups in total. The summed E-state index contributed by atoms with van der Waals surface area (Å²) in [7, 11) is 1.84. The first-order valence-electron chi connectivity index (χ1n) is 6.85. The molecule has 0 bridgehead atoms. The van der Waals surface area contributed by atoms with E-state index in [0.717, 1.165) is 16.7 Å². The van der Waals surface area contributed by atoms with Crippen molar-refractivity contribution in [2.24, 2.45) is 7.05 Å². The number of carbonyl (C=O) groups is 1. The molecule has 2 rings (SSSR count). The molecular formula is C17H22N2O. The van der Waals surface area contributed by atoms with Gasteiger partial charge in [0.15, 0.2) is 5.82 Å². The van der Waals surface area contributed by atoms with E-state index in [-0.39, 0.29) is 11.2 Å². The summed E-state index contributed by atoms with van der Waals surface area (Å²) in [5, 5.41) is 0. The summed E-state index contributed by atoms with van der Waals surface area (Å²) in [5.41, 5.74) is 4.14. The number of rotatable bonds is 2. The predicted octanol–water partition coefficient (Wildman–Crippen LogP) is 3.57. The minimum Gasteiger partial charge on any atom is -0.331 e. The van der Waals surface area contributed by atoms with E-state index in [0.29, 0.717) is 5.82 Å². The molecule has 1 aromatic carbocycles. The van der Waals surface area contributed by atoms with Crippen molar-refractivity contribution in [2.45, 2.75) is 40.0 Å². The molecule has 0 spiro atoms. The quantitative estimate of drug-likeness (QED) is 0.782. The Morgan fingerprint density at radius 2 is 1.70 bits per heavy atom. The van der Waals surface area contributed by atoms with Gasteiger partial charge in [-0.3, -0.25) is 4.79 Å². The van der Waals surface area contributed by atoms with Crippen molar-refractivity contribution in [1.29, 1.82) is 0 Å². The highest BCUT2D eigenvalue weighted by Crippen LogP contribution is 2.27. The third-order valence-corrected chi connectivity index (χ3v) is 3.65. The topological polar surface area (TPSA) is 34.9 Å². The standard InChI is InChI=1S/C17H22N2O/c1-11-9-13(17(3,4)5)10-12(2)14(11)15(20)16-18-7-8-19(16)6/h7-10H,1-6H3. The highest BCUT2D eigenvalue weighted by molar-refractivity contribution is 6.08. The molecule has 0 fully saturated rings. The number of hydrogen-bond acceptors (Lipinski definition) is 2. The third-order valence-electron chi connectivity index (χ3n) is 3.65. The zero-order valence-corrected chi connectivity index (χ0v) is 13.1. The maximum absolute atomic E-state index is 12.6. The van der Waals surface area contributed by atoms with E-state index >= 15 is 0 Å². The fourth-order valence-corrected chi connectivity index (χ4v) is 2.45. The first-order valence-corrected chi connectivity index (χ1v) is 6.85. The molecule has 0 saturated carbocycles. The normalized spacial score (nSPS) is 11.7. The number of aryl methyl sites for hydroxylation is 3. The van der Waals surface area contributed by atoms with Crippen molar-refractivity contribution in [3.05, 3.63) is 52.6 Å². The van der Waals surface area contributed by atoms with Gasteiger partial charge in [-0.2, -0.15) is 0 Å². The zero-order chi connectivity index (χ0) is 15.1. The summed E-state index contributed by atoms with van der Waals surface area (Å²) in [4.78, 5) is 16.8. The Balaban J connectivity index is 2.54. The lowest BCUT2D eigenvalue weighted by Crippen LogP contribution is -2.16. The number of imidazole rings is 1. The molecule has 0 radical (unpaired) electrons. The van der Waals surface area contributed by atoms with Crippen molar-refractivity contribution >= 4 is 5.78 Å². The van der Waals surface area contributed by atoms with Gasteiger partial charge in [-0.25, -0.2) is 4.98 Å². The smallest absolute Gasteiger partial charge is 0.228 e. The fraction of sp³-hybridized carbons (Fsp3) is 0.412. The van der Waals surface area contributed by atoms with Crippen LogP contribution < -0.4 is 0 Å². The van der Waals surface area contributed by atoms with Crippen molar-refractivity contribution in [1.82, 2.24) is 9.55 Å². The second kappa shape index (κ2) is 4.89. The highest BCUT2D eigenvalue weighted by Gasteiger charge is 2.21. The Morgan fingerprint density at radius 3 is 2.10 bits per heavy atom. The SMILES string of the molecule is Cc1cc(C(C)(C)C)cc(C)c1C(=O)c1nccn1C. The Hall–Kier alpha value is -1.90. The summed E-state index contributed by atoms with van der Waals surface area (Å²) < 4.78 is 1.76. The van der Waals surface area contributed by atoms with Crippen molar-refractivity contribution in [3.8, 4) is 0 Å². The number of benzene rings is 1. The summed E-state index contributed by atoms with van der Waals surface area (Å²) in [5.74, 6) is 0.479. The van der Waals surface area contributed by atoms with E-state index in [4.69, 9.17) is 0 Å². The van der Waals surface area contributed by atoms with Crippen molar-refractivity contribution < 1.29 is 4.79 Å². The number of carbonyl (C=O) groups excluding carboxylic acids is 1. The van der Waals surface area contributed by atoms with Gasteiger partial charge in [0, 0.05) is 25.0 Å². The van der Waals surface area contributed by atoms with Gasteiger partial charge in [0.2, 0.25) is 5.78 Å². The molecule has 0 unspecified atom stereocenters. The molecule has 0 saturated heterocycles. The van der Waals surface area contributed by atoms with Crippen LogP contribution in [0.4, 0.5) is 0 Å². The maximum atomic E-state index is 12.6. The predicted molar refractivity (Wildman–Crippen MR) is 81.3 cm³/mol. The molecule has 1 heterocycles. The molecule has 3 nitrogen and oxygen atoms in total. The molecular weight excluding hydrogens is 248 g/mol. The Morgan fingerprint density at radius 1 is 1.15 bits per heavy atom. The van der Waals surface area contributed by atoms with Crippen molar-refractivity contribution in [2.75, 3.05) is 0 Å². The fourth-order valence-electron chi connectivity index (χ4n) is 2.45. The first-order chi connectivity index (χ1) is 9.21. The van der Waals surface area contributed by atoms with Gasteiger partial charge in [0.1, 0.15) is 0 Å². The lowest BCUT2D eigenvalue weighted by molar-refractivity contribution is 0.102. The summed E-state index contributed by atoms with van der Waals surface area (Å²) in [6.45, 7) is 10.5. The second-order valence-electron chi connectivity index (χ2n) is 6.43. The summed E-state index contributed by atoms with van der Waals surface area (Å²) in [6.07, 6.45) is 3.45. The molecule has 3 heteroatoms. The van der Waals surface area contributed by atoms with Gasteiger partial charge < -0.3 is 4.57 Å². The van der Waals surface area contributed by atoms with Gasteiger partial charge >= 0.3 is 0 Å². The number of nitrogens with zero attached hydrogens (tertiary/aromatic N) is 2. The van der Waals surface area contributed by atoms with E-state index in [1.54, 1.807) is 17.0 Å². The van der Waals surface area contributed by atoms with Gasteiger partial charge in [-0.15, -0.1) is 0 Å². The number of ketones is 1. The van der Waals surface area contributed by atoms with Gasteiger partial charge in [-0.1, -0.05) is 32.9 Å². The van der Waals surface area contributed by atoms with Crippen LogP contribution in [-0.2, 0) is 12.5 Å². The minimum atomic E-state index is -0.00652. The monoisotopic (exact) mass is 270 g/mol. The van der Waals surface area contributed by atoms with Crippen LogP contribution in [0.2, 0.25) is 0 Å². The van der Waals surface area contributed by atoms with Crippen LogP contribution in [0.15, 0.2) is 24.5 Å². The van der Waals surface area contributed by atoms with E-state index in [1.165, 1.54) is 5.56 Å². The molecule has 0 amide bonds. The molecule has 106 valence electrons. The Kier molecular flexibility index (Phi) is 3.55. The molecule has 1 aromatic heterocycles. The average molecular weight is 270 g/mol. The van der Waals surface area contributed by atoms with Crippen LogP contribution in [-0.4, -0.2) is 15.3 Å². The number of hydrogen-bond donors (Lipinski definition) is 0. The lowest BCUT2D eigenvalue weighted by atomic mass is 9.83. The molecule has 0 aliphatic carbocycles. The summed E-state index contributed by atoms with van der Waals surface area (Å²) in [6, 6.07) is 4.23. The Labute approximate surface area is 120 Å².